The molecule has 49 heavy (non-hydrogen) atoms. The van der Waals surface area contributed by atoms with Gasteiger partial charge < -0.3 is 29.7 Å². The van der Waals surface area contributed by atoms with Crippen molar-refractivity contribution in [2.75, 3.05) is 13.2 Å². The van der Waals surface area contributed by atoms with Crippen LogP contribution in [-0.4, -0.2) is 92.4 Å². The molecule has 2 unspecified atom stereocenters. The first kappa shape index (κ1) is 38.8. The van der Waals surface area contributed by atoms with Crippen LogP contribution in [-0.2, 0) is 28.7 Å². The lowest BCUT2D eigenvalue weighted by Crippen LogP contribution is -2.60. The fourth-order valence-corrected chi connectivity index (χ4v) is 9.07. The normalized spacial score (nSPS) is 28.0. The number of allylic oxidation sites excluding steroid dienone is 1. The van der Waals surface area contributed by atoms with Crippen LogP contribution in [0.3, 0.4) is 0 Å². The van der Waals surface area contributed by atoms with Crippen LogP contribution < -0.4 is 5.32 Å². The molecule has 1 aromatic rings. The molecule has 3 aliphatic heterocycles. The van der Waals surface area contributed by atoms with Crippen LogP contribution in [0.25, 0.3) is 0 Å². The molecule has 10 nitrogen and oxygen atoms in total. The monoisotopic (exact) mass is 743 g/mol. The Bertz CT molecular complexity index is 1360. The van der Waals surface area contributed by atoms with Crippen molar-refractivity contribution in [3.8, 4) is 0 Å². The smallest absolute Gasteiger partial charge is 0.313 e. The third-order valence-electron chi connectivity index (χ3n) is 10.2. The molecule has 1 aromatic carbocycles. The van der Waals surface area contributed by atoms with E-state index in [1.54, 1.807) is 24.0 Å². The summed E-state index contributed by atoms with van der Waals surface area (Å²) in [5.41, 5.74) is -0.615. The molecule has 3 amide bonds. The van der Waals surface area contributed by atoms with Gasteiger partial charge in [0.2, 0.25) is 17.7 Å². The first-order valence-corrected chi connectivity index (χ1v) is 18.6. The first-order chi connectivity index (χ1) is 23.4. The van der Waals surface area contributed by atoms with Gasteiger partial charge in [-0.25, -0.2) is 0 Å². The summed E-state index contributed by atoms with van der Waals surface area (Å²) >= 11 is 3.75. The van der Waals surface area contributed by atoms with Crippen LogP contribution in [0.4, 0.5) is 0 Å². The van der Waals surface area contributed by atoms with Crippen molar-refractivity contribution in [2.45, 2.75) is 120 Å². The maximum absolute atomic E-state index is 14.8. The van der Waals surface area contributed by atoms with Gasteiger partial charge in [-0.15, -0.1) is 13.2 Å². The molecule has 11 heteroatoms. The van der Waals surface area contributed by atoms with Crippen molar-refractivity contribution in [3.63, 3.8) is 0 Å². The van der Waals surface area contributed by atoms with E-state index in [0.717, 1.165) is 12.8 Å². The number of nitrogens with zero attached hydrogens (tertiary/aromatic N) is 2. The van der Waals surface area contributed by atoms with Crippen molar-refractivity contribution in [3.05, 3.63) is 61.2 Å². The van der Waals surface area contributed by atoms with Gasteiger partial charge in [-0.2, -0.15) is 0 Å². The maximum Gasteiger partial charge on any atom is 0.313 e. The van der Waals surface area contributed by atoms with Gasteiger partial charge in [-0.05, 0) is 51.0 Å². The molecule has 3 aliphatic rings. The van der Waals surface area contributed by atoms with E-state index >= 15 is 0 Å². The number of amides is 3. The van der Waals surface area contributed by atoms with Gasteiger partial charge in [-0.1, -0.05) is 85.6 Å². The predicted octanol–water partition coefficient (Wildman–Crippen LogP) is 5.10. The Balaban J connectivity index is 1.75. The number of ether oxygens (including phenoxy) is 2. The minimum absolute atomic E-state index is 0.124. The number of aliphatic hydroxyl groups excluding tert-OH is 1. The molecule has 4 rings (SSSR count). The summed E-state index contributed by atoms with van der Waals surface area (Å²) in [5.74, 6) is -3.36. The van der Waals surface area contributed by atoms with Crippen LogP contribution in [0.1, 0.15) is 84.8 Å². The number of benzene rings is 1. The first-order valence-electron chi connectivity index (χ1n) is 17.7. The van der Waals surface area contributed by atoms with E-state index in [4.69, 9.17) is 9.47 Å². The Morgan fingerprint density at radius 2 is 1.88 bits per heavy atom. The minimum Gasteiger partial charge on any atom is -0.455 e. The molecule has 1 spiro atoms. The summed E-state index contributed by atoms with van der Waals surface area (Å²) in [6, 6.07) is 6.77. The van der Waals surface area contributed by atoms with Crippen LogP contribution >= 0.6 is 15.9 Å². The second-order valence-electron chi connectivity index (χ2n) is 14.2. The van der Waals surface area contributed by atoms with Gasteiger partial charge in [-0.3, -0.25) is 19.2 Å². The van der Waals surface area contributed by atoms with E-state index in [-0.39, 0.29) is 54.1 Å². The van der Waals surface area contributed by atoms with E-state index in [1.165, 1.54) is 4.90 Å². The fourth-order valence-electron chi connectivity index (χ4n) is 8.13. The van der Waals surface area contributed by atoms with E-state index in [9.17, 15) is 24.3 Å². The summed E-state index contributed by atoms with van der Waals surface area (Å²) in [6.07, 6.45) is 4.98. The van der Waals surface area contributed by atoms with E-state index in [1.807, 2.05) is 51.1 Å². The third kappa shape index (κ3) is 7.84. The summed E-state index contributed by atoms with van der Waals surface area (Å²) < 4.78 is 13.0. The molecule has 0 aliphatic carbocycles. The fraction of sp³-hybridized carbons (Fsp3) is 0.632. The van der Waals surface area contributed by atoms with Gasteiger partial charge >= 0.3 is 5.97 Å². The number of carbonyl (C=O) groups is 4. The highest BCUT2D eigenvalue weighted by Gasteiger charge is 2.77. The predicted molar refractivity (Wildman–Crippen MR) is 191 cm³/mol. The zero-order valence-corrected chi connectivity index (χ0v) is 31.1. The molecule has 3 heterocycles. The Morgan fingerprint density at radius 3 is 2.47 bits per heavy atom. The summed E-state index contributed by atoms with van der Waals surface area (Å²) in [7, 11) is 0. The molecular weight excluding hydrogens is 690 g/mol. The highest BCUT2D eigenvalue weighted by molar-refractivity contribution is 9.09. The molecule has 2 N–H and O–H groups in total. The number of aliphatic hydroxyl groups is 1. The number of hydrogen-bond acceptors (Lipinski definition) is 7. The van der Waals surface area contributed by atoms with Crippen molar-refractivity contribution < 1.29 is 33.8 Å². The molecule has 10 atom stereocenters. The molecule has 3 fully saturated rings. The number of alkyl halides is 1. The lowest BCUT2D eigenvalue weighted by molar-refractivity contribution is -0.162. The van der Waals surface area contributed by atoms with Crippen molar-refractivity contribution in [1.82, 2.24) is 15.1 Å². The van der Waals surface area contributed by atoms with E-state index < -0.39 is 53.7 Å². The number of rotatable bonds is 18. The van der Waals surface area contributed by atoms with E-state index in [0.29, 0.717) is 24.8 Å². The third-order valence-corrected chi connectivity index (χ3v) is 11.1. The van der Waals surface area contributed by atoms with Crippen LogP contribution in [0.5, 0.6) is 0 Å². The SMILES string of the molecule is C=CCCC(=O)N[C@H](C)[C@@H](OC(=O)[C@@H]1[C@H]2O[C@@]3(CC2Br)[C@H](C(=O)N(CC=C)C(C)CCC)N([C@@H](CO)CC(C)C)C(=O)[C@@H]13)c1ccccc1. The Morgan fingerprint density at radius 1 is 1.18 bits per heavy atom. The molecule has 2 bridgehead atoms. The number of hydrogen-bond donors (Lipinski definition) is 2. The number of nitrogens with one attached hydrogen (secondary N) is 1. The van der Waals surface area contributed by atoms with E-state index in [2.05, 4.69) is 41.3 Å². The number of halogens is 1. The molecule has 270 valence electrons. The Hall–Kier alpha value is -3.02. The second kappa shape index (κ2) is 16.8. The van der Waals surface area contributed by atoms with Crippen molar-refractivity contribution in [2.24, 2.45) is 17.8 Å². The molecule has 0 radical (unpaired) electrons. The molecule has 0 saturated carbocycles. The van der Waals surface area contributed by atoms with Crippen molar-refractivity contribution in [1.29, 1.82) is 0 Å². The average Bonchev–Trinajstić information content (AvgIpc) is 3.67. The quantitative estimate of drug-likeness (QED) is 0.122. The topological polar surface area (TPSA) is 125 Å². The number of fused-ring (bicyclic) bond motifs is 1. The van der Waals surface area contributed by atoms with Gasteiger partial charge in [0.25, 0.3) is 0 Å². The maximum atomic E-state index is 14.8. The standard InChI is InChI=1S/C38H54BrN3O7/c1-8-11-18-29(44)40-25(7)32(26-16-13-12-14-17-26)48-37(47)30-31-35(45)42(27(22-43)20-23(4)5)34(38(31)21-28(39)33(30)49-38)36(46)41(19-10-3)24(6)15-9-2/h8,10,12-14,16-17,23-25,27-28,30-34,43H,1,3,9,11,15,18-22H2,2,4-7H3,(H,40,44)/t24?,25-,27-,28?,30+,31-,32-,33+,34+,38-/m1/s1. The molecule has 0 aromatic heterocycles. The van der Waals surface area contributed by atoms with Crippen molar-refractivity contribution >= 4 is 39.6 Å². The van der Waals surface area contributed by atoms with Crippen LogP contribution in [0, 0.1) is 17.8 Å². The zero-order chi connectivity index (χ0) is 36.0. The Kier molecular flexibility index (Phi) is 13.3. The summed E-state index contributed by atoms with van der Waals surface area (Å²) in [5, 5.41) is 13.6. The lowest BCUT2D eigenvalue weighted by atomic mass is 9.70. The zero-order valence-electron chi connectivity index (χ0n) is 29.6. The molecule has 3 saturated heterocycles. The minimum atomic E-state index is -1.31. The number of esters is 1. The highest BCUT2D eigenvalue weighted by atomic mass is 79.9. The lowest BCUT2D eigenvalue weighted by Gasteiger charge is -2.41. The number of likely N-dealkylation sites (tertiary alicyclic amines) is 1. The highest BCUT2D eigenvalue weighted by Crippen LogP contribution is 2.61. The average molecular weight is 745 g/mol. The van der Waals surface area contributed by atoms with Gasteiger partial charge in [0.15, 0.2) is 0 Å². The largest absolute Gasteiger partial charge is 0.455 e. The second-order valence-corrected chi connectivity index (χ2v) is 15.4. The Labute approximate surface area is 299 Å². The summed E-state index contributed by atoms with van der Waals surface area (Å²) in [6.45, 7) is 17.4. The number of carbonyl (C=O) groups excluding carboxylic acids is 4. The van der Waals surface area contributed by atoms with Gasteiger partial charge in [0, 0.05) is 23.8 Å². The van der Waals surface area contributed by atoms with Crippen LogP contribution in [0.15, 0.2) is 55.6 Å². The van der Waals surface area contributed by atoms with Crippen LogP contribution in [0.2, 0.25) is 0 Å². The molecular formula is C38H54BrN3O7. The van der Waals surface area contributed by atoms with Gasteiger partial charge in [0.05, 0.1) is 36.6 Å². The van der Waals surface area contributed by atoms with Gasteiger partial charge in [0.1, 0.15) is 17.7 Å². The summed E-state index contributed by atoms with van der Waals surface area (Å²) in [4.78, 5) is 59.7.